The van der Waals surface area contributed by atoms with Gasteiger partial charge < -0.3 is 19.7 Å². The van der Waals surface area contributed by atoms with Crippen molar-refractivity contribution >= 4 is 5.96 Å². The monoisotopic (exact) mass is 305 g/mol. The fraction of sp³-hybridized carbons (Fsp3) is 0.706. The van der Waals surface area contributed by atoms with Crippen LogP contribution in [0.25, 0.3) is 0 Å². The molecule has 1 aromatic rings. The molecule has 1 saturated carbocycles. The maximum atomic E-state index is 10.5. The number of aliphatic hydroxyl groups is 1. The first-order valence-corrected chi connectivity index (χ1v) is 8.34. The van der Waals surface area contributed by atoms with Gasteiger partial charge in [-0.1, -0.05) is 6.42 Å². The molecule has 2 N–H and O–H groups in total. The standard InChI is InChI=1S/C17H27N3O2/c1-3-18-15(20-10-9-17(13-20)7-5-8-17)19-12-16(2,21)14-6-4-11-22-14/h4,6,11,21H,3,5,7-10,12-13H2,1-2H3,(H,18,19). The van der Waals surface area contributed by atoms with Gasteiger partial charge in [-0.2, -0.15) is 0 Å². The van der Waals surface area contributed by atoms with Crippen LogP contribution in [0.3, 0.4) is 0 Å². The second-order valence-electron chi connectivity index (χ2n) is 6.95. The van der Waals surface area contributed by atoms with E-state index < -0.39 is 5.60 Å². The molecule has 1 unspecified atom stereocenters. The van der Waals surface area contributed by atoms with E-state index in [1.165, 1.54) is 25.7 Å². The van der Waals surface area contributed by atoms with Crippen LogP contribution in [0.15, 0.2) is 27.8 Å². The van der Waals surface area contributed by atoms with Gasteiger partial charge in [-0.05, 0) is 50.7 Å². The molecule has 122 valence electrons. The van der Waals surface area contributed by atoms with Crippen LogP contribution in [0.1, 0.15) is 45.3 Å². The molecular formula is C17H27N3O2. The molecule has 22 heavy (non-hydrogen) atoms. The summed E-state index contributed by atoms with van der Waals surface area (Å²) in [6.07, 6.45) is 6.93. The summed E-state index contributed by atoms with van der Waals surface area (Å²) in [6, 6.07) is 3.58. The lowest BCUT2D eigenvalue weighted by Crippen LogP contribution is -2.43. The largest absolute Gasteiger partial charge is 0.466 e. The van der Waals surface area contributed by atoms with Gasteiger partial charge >= 0.3 is 0 Å². The molecule has 3 rings (SSSR count). The summed E-state index contributed by atoms with van der Waals surface area (Å²) >= 11 is 0. The summed E-state index contributed by atoms with van der Waals surface area (Å²) in [6.45, 7) is 7.12. The van der Waals surface area contributed by atoms with Gasteiger partial charge in [0.05, 0.1) is 12.8 Å². The molecule has 5 nitrogen and oxygen atoms in total. The van der Waals surface area contributed by atoms with Gasteiger partial charge in [-0.15, -0.1) is 0 Å². The Bertz CT molecular complexity index is 518. The molecule has 2 fully saturated rings. The van der Waals surface area contributed by atoms with Gasteiger partial charge in [0.1, 0.15) is 11.4 Å². The van der Waals surface area contributed by atoms with E-state index in [0.717, 1.165) is 25.6 Å². The molecule has 1 atom stereocenters. The van der Waals surface area contributed by atoms with E-state index in [1.807, 2.05) is 0 Å². The topological polar surface area (TPSA) is 61.0 Å². The third-order valence-electron chi connectivity index (χ3n) is 5.08. The van der Waals surface area contributed by atoms with Crippen molar-refractivity contribution < 1.29 is 9.52 Å². The fourth-order valence-electron chi connectivity index (χ4n) is 3.52. The average Bonchev–Trinajstić information content (AvgIpc) is 3.11. The Morgan fingerprint density at radius 2 is 2.32 bits per heavy atom. The zero-order valence-corrected chi connectivity index (χ0v) is 13.6. The molecule has 0 radical (unpaired) electrons. The zero-order valence-electron chi connectivity index (χ0n) is 13.6. The average molecular weight is 305 g/mol. The van der Waals surface area contributed by atoms with Crippen molar-refractivity contribution in [2.24, 2.45) is 10.4 Å². The SMILES string of the molecule is CCNC(=NCC(C)(O)c1ccco1)N1CCC2(CCC2)C1. The Balaban J connectivity index is 1.68. The van der Waals surface area contributed by atoms with Gasteiger partial charge in [0.2, 0.25) is 0 Å². The Kier molecular flexibility index (Phi) is 4.17. The predicted molar refractivity (Wildman–Crippen MR) is 86.7 cm³/mol. The lowest BCUT2D eigenvalue weighted by Gasteiger charge is -2.38. The van der Waals surface area contributed by atoms with Crippen molar-refractivity contribution in [1.82, 2.24) is 10.2 Å². The summed E-state index contributed by atoms with van der Waals surface area (Å²) in [7, 11) is 0. The number of furan rings is 1. The van der Waals surface area contributed by atoms with Gasteiger partial charge in [-0.25, -0.2) is 4.99 Å². The summed E-state index contributed by atoms with van der Waals surface area (Å²) < 4.78 is 5.32. The van der Waals surface area contributed by atoms with Gasteiger partial charge in [0, 0.05) is 19.6 Å². The highest BCUT2D eigenvalue weighted by Crippen LogP contribution is 2.47. The second kappa shape index (κ2) is 5.95. The number of aliphatic imine (C=N–C) groups is 1. The fourth-order valence-corrected chi connectivity index (χ4v) is 3.52. The van der Waals surface area contributed by atoms with Crippen LogP contribution in [0.2, 0.25) is 0 Å². The Hall–Kier alpha value is -1.49. The first-order valence-electron chi connectivity index (χ1n) is 8.34. The molecule has 1 aromatic heterocycles. The predicted octanol–water partition coefficient (Wildman–Crippen LogP) is 2.33. The summed E-state index contributed by atoms with van der Waals surface area (Å²) in [5.41, 5.74) is -0.530. The Labute approximate surface area is 132 Å². The highest BCUT2D eigenvalue weighted by atomic mass is 16.4. The summed E-state index contributed by atoms with van der Waals surface area (Å²) in [4.78, 5) is 7.02. The smallest absolute Gasteiger partial charge is 0.194 e. The van der Waals surface area contributed by atoms with Crippen molar-refractivity contribution in [2.75, 3.05) is 26.2 Å². The number of hydrogen-bond acceptors (Lipinski definition) is 3. The minimum atomic E-state index is -1.07. The van der Waals surface area contributed by atoms with Crippen molar-refractivity contribution in [3.05, 3.63) is 24.2 Å². The second-order valence-corrected chi connectivity index (χ2v) is 6.95. The molecule has 0 amide bonds. The quantitative estimate of drug-likeness (QED) is 0.662. The highest BCUT2D eigenvalue weighted by molar-refractivity contribution is 5.80. The zero-order chi connectivity index (χ0) is 15.6. The van der Waals surface area contributed by atoms with Crippen molar-refractivity contribution in [3.63, 3.8) is 0 Å². The van der Waals surface area contributed by atoms with E-state index >= 15 is 0 Å². The van der Waals surface area contributed by atoms with E-state index in [1.54, 1.807) is 25.3 Å². The number of nitrogens with one attached hydrogen (secondary N) is 1. The number of likely N-dealkylation sites (tertiary alicyclic amines) is 1. The molecule has 1 aliphatic heterocycles. The third kappa shape index (κ3) is 3.00. The van der Waals surface area contributed by atoms with E-state index in [9.17, 15) is 5.11 Å². The van der Waals surface area contributed by atoms with Crippen LogP contribution < -0.4 is 5.32 Å². The van der Waals surface area contributed by atoms with Crippen LogP contribution in [0.4, 0.5) is 0 Å². The molecule has 5 heteroatoms. The first-order chi connectivity index (χ1) is 10.5. The van der Waals surface area contributed by atoms with Crippen LogP contribution in [0, 0.1) is 5.41 Å². The molecule has 1 spiro atoms. The van der Waals surface area contributed by atoms with Crippen LogP contribution >= 0.6 is 0 Å². The maximum absolute atomic E-state index is 10.5. The normalized spacial score (nSPS) is 23.4. The molecule has 2 aliphatic rings. The van der Waals surface area contributed by atoms with Gasteiger partial charge in [0.15, 0.2) is 5.96 Å². The molecule has 1 aliphatic carbocycles. The van der Waals surface area contributed by atoms with E-state index in [0.29, 0.717) is 17.7 Å². The lowest BCUT2D eigenvalue weighted by atomic mass is 9.68. The molecular weight excluding hydrogens is 278 g/mol. The van der Waals surface area contributed by atoms with E-state index in [4.69, 9.17) is 4.42 Å². The number of hydrogen-bond donors (Lipinski definition) is 2. The van der Waals surface area contributed by atoms with E-state index in [2.05, 4.69) is 22.1 Å². The van der Waals surface area contributed by atoms with Crippen molar-refractivity contribution in [2.45, 2.75) is 45.1 Å². The number of rotatable bonds is 4. The Morgan fingerprint density at radius 1 is 1.50 bits per heavy atom. The van der Waals surface area contributed by atoms with Crippen molar-refractivity contribution in [1.29, 1.82) is 0 Å². The minimum Gasteiger partial charge on any atom is -0.466 e. The van der Waals surface area contributed by atoms with Gasteiger partial charge in [-0.3, -0.25) is 0 Å². The van der Waals surface area contributed by atoms with Gasteiger partial charge in [0.25, 0.3) is 0 Å². The molecule has 0 aromatic carbocycles. The summed E-state index contributed by atoms with van der Waals surface area (Å²) in [5.74, 6) is 1.47. The maximum Gasteiger partial charge on any atom is 0.194 e. The van der Waals surface area contributed by atoms with Crippen LogP contribution in [0.5, 0.6) is 0 Å². The highest BCUT2D eigenvalue weighted by Gasteiger charge is 2.43. The van der Waals surface area contributed by atoms with Crippen LogP contribution in [-0.2, 0) is 5.60 Å². The van der Waals surface area contributed by atoms with Crippen molar-refractivity contribution in [3.8, 4) is 0 Å². The molecule has 0 bridgehead atoms. The Morgan fingerprint density at radius 3 is 2.86 bits per heavy atom. The molecule has 2 heterocycles. The third-order valence-corrected chi connectivity index (χ3v) is 5.08. The minimum absolute atomic E-state index is 0.298. The number of nitrogens with zero attached hydrogens (tertiary/aromatic N) is 2. The van der Waals surface area contributed by atoms with Crippen LogP contribution in [-0.4, -0.2) is 42.1 Å². The lowest BCUT2D eigenvalue weighted by molar-refractivity contribution is 0.0434. The summed E-state index contributed by atoms with van der Waals surface area (Å²) in [5, 5.41) is 13.9. The molecule has 1 saturated heterocycles. The van der Waals surface area contributed by atoms with E-state index in [-0.39, 0.29) is 0 Å². The first kappa shape index (κ1) is 15.4. The number of guanidine groups is 1.